The topological polar surface area (TPSA) is 47.6 Å². The third kappa shape index (κ3) is 3.37. The zero-order valence-corrected chi connectivity index (χ0v) is 14.4. The maximum Gasteiger partial charge on any atom is 0.230 e. The zero-order chi connectivity index (χ0) is 17.2. The highest BCUT2D eigenvalue weighted by atomic mass is 16.5. The maximum atomic E-state index is 12.8. The van der Waals surface area contributed by atoms with Crippen molar-refractivity contribution in [3.63, 3.8) is 0 Å². The Labute approximate surface area is 142 Å². The average Bonchev–Trinajstić information content (AvgIpc) is 3.02. The quantitative estimate of drug-likeness (QED) is 0.908. The van der Waals surface area contributed by atoms with E-state index in [9.17, 15) is 4.79 Å². The van der Waals surface area contributed by atoms with E-state index < -0.39 is 5.41 Å². The molecule has 2 aromatic carbocycles. The molecule has 0 bridgehead atoms. The summed E-state index contributed by atoms with van der Waals surface area (Å²) in [6, 6.07) is 13.6. The highest BCUT2D eigenvalue weighted by molar-refractivity contribution is 5.95. The Hall–Kier alpha value is -2.49. The number of hydrogen-bond acceptors (Lipinski definition) is 3. The number of ether oxygens (including phenoxy) is 2. The monoisotopic (exact) mass is 325 g/mol. The lowest BCUT2D eigenvalue weighted by Crippen LogP contribution is -2.32. The van der Waals surface area contributed by atoms with Crippen molar-refractivity contribution in [2.75, 3.05) is 19.0 Å². The smallest absolute Gasteiger partial charge is 0.230 e. The van der Waals surface area contributed by atoms with Crippen molar-refractivity contribution in [1.82, 2.24) is 0 Å². The maximum absolute atomic E-state index is 12.8. The fourth-order valence-corrected chi connectivity index (χ4v) is 2.97. The summed E-state index contributed by atoms with van der Waals surface area (Å²) in [7, 11) is 1.65. The molecule has 0 spiro atoms. The molecule has 4 heteroatoms. The van der Waals surface area contributed by atoms with Crippen LogP contribution in [0, 0.1) is 5.41 Å². The van der Waals surface area contributed by atoms with E-state index in [0.717, 1.165) is 34.7 Å². The Kier molecular flexibility index (Phi) is 4.47. The molecule has 0 radical (unpaired) electrons. The van der Waals surface area contributed by atoms with Crippen LogP contribution >= 0.6 is 0 Å². The van der Waals surface area contributed by atoms with Crippen LogP contribution < -0.4 is 14.8 Å². The van der Waals surface area contributed by atoms with Gasteiger partial charge in [0.15, 0.2) is 0 Å². The van der Waals surface area contributed by atoms with Gasteiger partial charge >= 0.3 is 0 Å². The van der Waals surface area contributed by atoms with E-state index in [2.05, 4.69) is 5.32 Å². The number of fused-ring (bicyclic) bond motifs is 1. The average molecular weight is 325 g/mol. The molecule has 0 atom stereocenters. The van der Waals surface area contributed by atoms with E-state index >= 15 is 0 Å². The van der Waals surface area contributed by atoms with Crippen LogP contribution in [0.25, 0.3) is 0 Å². The minimum Gasteiger partial charge on any atom is -0.496 e. The van der Waals surface area contributed by atoms with Crippen LogP contribution in [0.3, 0.4) is 0 Å². The number of hydrogen-bond donors (Lipinski definition) is 1. The summed E-state index contributed by atoms with van der Waals surface area (Å²) in [5.74, 6) is 1.72. The summed E-state index contributed by atoms with van der Waals surface area (Å²) < 4.78 is 10.9. The number of rotatable bonds is 5. The van der Waals surface area contributed by atoms with Gasteiger partial charge < -0.3 is 14.8 Å². The summed E-state index contributed by atoms with van der Waals surface area (Å²) >= 11 is 0. The molecule has 0 saturated carbocycles. The van der Waals surface area contributed by atoms with Crippen LogP contribution in [0.1, 0.15) is 25.0 Å². The van der Waals surface area contributed by atoms with E-state index in [-0.39, 0.29) is 5.91 Å². The number of amides is 1. The van der Waals surface area contributed by atoms with Gasteiger partial charge in [0.25, 0.3) is 0 Å². The molecule has 1 aliphatic rings. The van der Waals surface area contributed by atoms with Crippen molar-refractivity contribution in [3.8, 4) is 11.5 Å². The fourth-order valence-electron chi connectivity index (χ4n) is 2.97. The first-order valence-electron chi connectivity index (χ1n) is 8.19. The minimum absolute atomic E-state index is 0.00716. The van der Waals surface area contributed by atoms with Crippen LogP contribution in [0.5, 0.6) is 11.5 Å². The molecule has 0 fully saturated rings. The molecule has 0 aromatic heterocycles. The highest BCUT2D eigenvalue weighted by Gasteiger charge is 2.29. The molecule has 1 amide bonds. The summed E-state index contributed by atoms with van der Waals surface area (Å²) in [6.45, 7) is 4.61. The molecule has 126 valence electrons. The fraction of sp³-hybridized carbons (Fsp3) is 0.350. The molecule has 0 saturated heterocycles. The Morgan fingerprint density at radius 1 is 1.25 bits per heavy atom. The summed E-state index contributed by atoms with van der Waals surface area (Å²) in [5, 5.41) is 3.03. The second-order valence-electron chi connectivity index (χ2n) is 6.75. The molecule has 3 rings (SSSR count). The number of para-hydroxylation sites is 1. The third-order valence-electron chi connectivity index (χ3n) is 4.39. The molecular weight excluding hydrogens is 302 g/mol. The summed E-state index contributed by atoms with van der Waals surface area (Å²) in [4.78, 5) is 12.8. The van der Waals surface area contributed by atoms with Gasteiger partial charge in [-0.1, -0.05) is 32.0 Å². The van der Waals surface area contributed by atoms with E-state index in [1.165, 1.54) is 0 Å². The molecular formula is C20H23NO3. The Balaban J connectivity index is 1.73. The van der Waals surface area contributed by atoms with E-state index in [1.807, 2.05) is 56.3 Å². The standard InChI is InChI=1S/C20H23NO3/c1-20(2,13-15-6-4-5-7-17(15)23-3)19(22)21-16-8-9-18-14(12-16)10-11-24-18/h4-9,12H,10-11,13H2,1-3H3,(H,21,22). The number of carbonyl (C=O) groups excluding carboxylic acids is 1. The summed E-state index contributed by atoms with van der Waals surface area (Å²) in [5.41, 5.74) is 2.44. The van der Waals surface area contributed by atoms with E-state index in [1.54, 1.807) is 7.11 Å². The number of methoxy groups -OCH3 is 1. The van der Waals surface area contributed by atoms with E-state index in [0.29, 0.717) is 13.0 Å². The lowest BCUT2D eigenvalue weighted by atomic mass is 9.84. The Morgan fingerprint density at radius 2 is 2.04 bits per heavy atom. The normalized spacial score (nSPS) is 13.1. The first-order valence-corrected chi connectivity index (χ1v) is 8.19. The predicted molar refractivity (Wildman–Crippen MR) is 94.7 cm³/mol. The van der Waals surface area contributed by atoms with Crippen LogP contribution in [-0.2, 0) is 17.6 Å². The first-order chi connectivity index (χ1) is 11.5. The number of carbonyl (C=O) groups is 1. The Bertz CT molecular complexity index is 752. The van der Waals surface area contributed by atoms with Crippen LogP contribution in [-0.4, -0.2) is 19.6 Å². The van der Waals surface area contributed by atoms with Crippen molar-refractivity contribution in [1.29, 1.82) is 0 Å². The van der Waals surface area contributed by atoms with Gasteiger partial charge in [0.2, 0.25) is 5.91 Å². The van der Waals surface area contributed by atoms with Crippen LogP contribution in [0.2, 0.25) is 0 Å². The van der Waals surface area contributed by atoms with Gasteiger partial charge in [-0.3, -0.25) is 4.79 Å². The van der Waals surface area contributed by atoms with Crippen molar-refractivity contribution >= 4 is 11.6 Å². The van der Waals surface area contributed by atoms with Gasteiger partial charge in [-0.15, -0.1) is 0 Å². The molecule has 0 unspecified atom stereocenters. The van der Waals surface area contributed by atoms with Gasteiger partial charge in [0, 0.05) is 17.5 Å². The third-order valence-corrected chi connectivity index (χ3v) is 4.39. The van der Waals surface area contributed by atoms with Crippen molar-refractivity contribution in [3.05, 3.63) is 53.6 Å². The minimum atomic E-state index is -0.551. The molecule has 24 heavy (non-hydrogen) atoms. The predicted octanol–water partition coefficient (Wildman–Crippen LogP) is 3.84. The molecule has 2 aromatic rings. The molecule has 1 N–H and O–H groups in total. The number of anilines is 1. The Morgan fingerprint density at radius 3 is 2.83 bits per heavy atom. The van der Waals surface area contributed by atoms with Gasteiger partial charge in [0.1, 0.15) is 11.5 Å². The largest absolute Gasteiger partial charge is 0.496 e. The molecule has 1 aliphatic heterocycles. The zero-order valence-electron chi connectivity index (χ0n) is 14.4. The lowest BCUT2D eigenvalue weighted by molar-refractivity contribution is -0.123. The van der Waals surface area contributed by atoms with Gasteiger partial charge in [0.05, 0.1) is 13.7 Å². The second-order valence-corrected chi connectivity index (χ2v) is 6.75. The highest BCUT2D eigenvalue weighted by Crippen LogP contribution is 2.31. The second kappa shape index (κ2) is 6.56. The summed E-state index contributed by atoms with van der Waals surface area (Å²) in [6.07, 6.45) is 1.50. The molecule has 1 heterocycles. The van der Waals surface area contributed by atoms with Crippen molar-refractivity contribution in [2.45, 2.75) is 26.7 Å². The lowest BCUT2D eigenvalue weighted by Gasteiger charge is -2.24. The molecule has 0 aliphatic carbocycles. The first kappa shape index (κ1) is 16.4. The van der Waals surface area contributed by atoms with Crippen LogP contribution in [0.15, 0.2) is 42.5 Å². The van der Waals surface area contributed by atoms with Gasteiger partial charge in [-0.25, -0.2) is 0 Å². The van der Waals surface area contributed by atoms with Crippen molar-refractivity contribution in [2.24, 2.45) is 5.41 Å². The van der Waals surface area contributed by atoms with Crippen LogP contribution in [0.4, 0.5) is 5.69 Å². The molecule has 4 nitrogen and oxygen atoms in total. The van der Waals surface area contributed by atoms with E-state index in [4.69, 9.17) is 9.47 Å². The SMILES string of the molecule is COc1ccccc1CC(C)(C)C(=O)Nc1ccc2c(c1)CCO2. The number of benzene rings is 2. The number of nitrogens with one attached hydrogen (secondary N) is 1. The van der Waals surface area contributed by atoms with Crippen molar-refractivity contribution < 1.29 is 14.3 Å². The van der Waals surface area contributed by atoms with Gasteiger partial charge in [-0.2, -0.15) is 0 Å². The van der Waals surface area contributed by atoms with Gasteiger partial charge in [-0.05, 0) is 41.8 Å².